The van der Waals surface area contributed by atoms with Crippen LogP contribution in [0, 0.1) is 5.92 Å². The molecule has 0 fully saturated rings. The van der Waals surface area contributed by atoms with E-state index in [-0.39, 0.29) is 0 Å². The molecule has 0 saturated heterocycles. The topological polar surface area (TPSA) is 55.9 Å². The molecule has 0 aliphatic carbocycles. The first-order valence-corrected chi connectivity index (χ1v) is 4.73. The maximum atomic E-state index is 5.96. The van der Waals surface area contributed by atoms with Crippen LogP contribution < -0.4 is 11.1 Å². The molecule has 13 heavy (non-hydrogen) atoms. The summed E-state index contributed by atoms with van der Waals surface area (Å²) in [5.41, 5.74) is 8.28. The number of hydrogen-bond donors (Lipinski definition) is 2. The zero-order chi connectivity index (χ0) is 9.42. The van der Waals surface area contributed by atoms with Gasteiger partial charge in [-0.2, -0.15) is 5.10 Å². The Kier molecular flexibility index (Phi) is 2.00. The first-order chi connectivity index (χ1) is 6.18. The lowest BCUT2D eigenvalue weighted by molar-refractivity contribution is 0.482. The predicted octanol–water partition coefficient (Wildman–Crippen LogP) is 0.724. The molecule has 1 aromatic rings. The van der Waals surface area contributed by atoms with E-state index in [4.69, 9.17) is 5.73 Å². The minimum absolute atomic E-state index is 0.593. The van der Waals surface area contributed by atoms with Gasteiger partial charge < -0.3 is 11.1 Å². The molecule has 3 N–H and O–H groups in total. The van der Waals surface area contributed by atoms with E-state index in [1.165, 1.54) is 5.56 Å². The fraction of sp³-hybridized carbons (Fsp3) is 0.667. The lowest BCUT2D eigenvalue weighted by atomic mass is 10.2. The Balaban J connectivity index is 2.28. The number of anilines is 1. The molecule has 2 rings (SSSR count). The van der Waals surface area contributed by atoms with Crippen LogP contribution >= 0.6 is 0 Å². The zero-order valence-corrected chi connectivity index (χ0v) is 8.17. The Bertz CT molecular complexity index is 314. The normalized spacial score (nSPS) is 15.3. The molecule has 2 heterocycles. The molecule has 1 aliphatic heterocycles. The van der Waals surface area contributed by atoms with Gasteiger partial charge in [0.15, 0.2) is 0 Å². The number of fused-ring (bicyclic) bond motifs is 1. The highest BCUT2D eigenvalue weighted by Crippen LogP contribution is 2.21. The van der Waals surface area contributed by atoms with E-state index < -0.39 is 0 Å². The van der Waals surface area contributed by atoms with Crippen LogP contribution in [-0.2, 0) is 19.6 Å². The first kappa shape index (κ1) is 8.56. The SMILES string of the molecule is CC(C)Cn1nc2c(c1N)CNC2. The van der Waals surface area contributed by atoms with Crippen LogP contribution in [0.4, 0.5) is 5.82 Å². The van der Waals surface area contributed by atoms with E-state index in [0.717, 1.165) is 31.1 Å². The zero-order valence-electron chi connectivity index (χ0n) is 8.17. The highest BCUT2D eigenvalue weighted by Gasteiger charge is 2.19. The predicted molar refractivity (Wildman–Crippen MR) is 52.0 cm³/mol. The molecule has 1 aliphatic rings. The van der Waals surface area contributed by atoms with Gasteiger partial charge in [0.25, 0.3) is 0 Å². The van der Waals surface area contributed by atoms with Crippen LogP contribution in [-0.4, -0.2) is 9.78 Å². The second kappa shape index (κ2) is 3.03. The molecule has 1 aromatic heterocycles. The Labute approximate surface area is 78.1 Å². The minimum atomic E-state index is 0.593. The third kappa shape index (κ3) is 1.42. The van der Waals surface area contributed by atoms with Gasteiger partial charge in [-0.15, -0.1) is 0 Å². The maximum absolute atomic E-state index is 5.96. The summed E-state index contributed by atoms with van der Waals surface area (Å²) in [4.78, 5) is 0. The molecule has 0 radical (unpaired) electrons. The molecule has 4 heteroatoms. The second-order valence-corrected chi connectivity index (χ2v) is 3.99. The van der Waals surface area contributed by atoms with Crippen molar-refractivity contribution in [2.75, 3.05) is 5.73 Å². The molecule has 0 atom stereocenters. The molecule has 0 unspecified atom stereocenters. The summed E-state index contributed by atoms with van der Waals surface area (Å²) in [7, 11) is 0. The quantitative estimate of drug-likeness (QED) is 0.705. The monoisotopic (exact) mass is 180 g/mol. The molecule has 72 valence electrons. The molecule has 0 aromatic carbocycles. The number of nitrogens with zero attached hydrogens (tertiary/aromatic N) is 2. The van der Waals surface area contributed by atoms with Crippen LogP contribution in [0.25, 0.3) is 0 Å². The summed E-state index contributed by atoms with van der Waals surface area (Å²) >= 11 is 0. The fourth-order valence-corrected chi connectivity index (χ4v) is 1.69. The Morgan fingerprint density at radius 2 is 2.31 bits per heavy atom. The van der Waals surface area contributed by atoms with E-state index in [2.05, 4.69) is 24.3 Å². The van der Waals surface area contributed by atoms with Crippen molar-refractivity contribution in [1.29, 1.82) is 0 Å². The van der Waals surface area contributed by atoms with Crippen molar-refractivity contribution in [3.8, 4) is 0 Å². The molecule has 0 amide bonds. The van der Waals surface area contributed by atoms with E-state index >= 15 is 0 Å². The van der Waals surface area contributed by atoms with Gasteiger partial charge >= 0.3 is 0 Å². The van der Waals surface area contributed by atoms with Crippen LogP contribution in [0.5, 0.6) is 0 Å². The van der Waals surface area contributed by atoms with Crippen molar-refractivity contribution in [3.05, 3.63) is 11.3 Å². The van der Waals surface area contributed by atoms with E-state index in [1.807, 2.05) is 4.68 Å². The Morgan fingerprint density at radius 3 is 2.92 bits per heavy atom. The third-order valence-electron chi connectivity index (χ3n) is 2.31. The molecule has 4 nitrogen and oxygen atoms in total. The molecule has 0 saturated carbocycles. The van der Waals surface area contributed by atoms with E-state index in [0.29, 0.717) is 5.92 Å². The largest absolute Gasteiger partial charge is 0.384 e. The van der Waals surface area contributed by atoms with Crippen LogP contribution in [0.3, 0.4) is 0 Å². The van der Waals surface area contributed by atoms with Gasteiger partial charge in [-0.25, -0.2) is 4.68 Å². The highest BCUT2D eigenvalue weighted by molar-refractivity contribution is 5.45. The van der Waals surface area contributed by atoms with Crippen molar-refractivity contribution < 1.29 is 0 Å². The van der Waals surface area contributed by atoms with Gasteiger partial charge in [-0.1, -0.05) is 13.8 Å². The lowest BCUT2D eigenvalue weighted by Gasteiger charge is -2.07. The van der Waals surface area contributed by atoms with Crippen molar-refractivity contribution in [1.82, 2.24) is 15.1 Å². The Morgan fingerprint density at radius 1 is 1.54 bits per heavy atom. The smallest absolute Gasteiger partial charge is 0.126 e. The summed E-state index contributed by atoms with van der Waals surface area (Å²) in [5, 5.41) is 7.69. The van der Waals surface area contributed by atoms with Crippen molar-refractivity contribution >= 4 is 5.82 Å². The van der Waals surface area contributed by atoms with Gasteiger partial charge in [0.1, 0.15) is 5.82 Å². The minimum Gasteiger partial charge on any atom is -0.384 e. The average Bonchev–Trinajstić information content (AvgIpc) is 2.56. The summed E-state index contributed by atoms with van der Waals surface area (Å²) in [6.45, 7) is 7.00. The number of aromatic nitrogens is 2. The third-order valence-corrected chi connectivity index (χ3v) is 2.31. The number of rotatable bonds is 2. The molecule has 0 bridgehead atoms. The Hall–Kier alpha value is -1.03. The van der Waals surface area contributed by atoms with Gasteiger partial charge in [0.05, 0.1) is 5.69 Å². The number of hydrogen-bond acceptors (Lipinski definition) is 3. The summed E-state index contributed by atoms with van der Waals surface area (Å²) in [6.07, 6.45) is 0. The van der Waals surface area contributed by atoms with Gasteiger partial charge in [-0.3, -0.25) is 0 Å². The average molecular weight is 180 g/mol. The van der Waals surface area contributed by atoms with Crippen molar-refractivity contribution in [2.24, 2.45) is 5.92 Å². The van der Waals surface area contributed by atoms with Crippen LogP contribution in [0.15, 0.2) is 0 Å². The highest BCUT2D eigenvalue weighted by atomic mass is 15.3. The van der Waals surface area contributed by atoms with Crippen molar-refractivity contribution in [3.63, 3.8) is 0 Å². The standard InChI is InChI=1S/C9H16N4/c1-6(2)5-13-9(10)7-3-11-4-8(7)12-13/h6,11H,3-5,10H2,1-2H3. The maximum Gasteiger partial charge on any atom is 0.126 e. The number of nitrogen functional groups attached to an aromatic ring is 1. The second-order valence-electron chi connectivity index (χ2n) is 3.99. The first-order valence-electron chi connectivity index (χ1n) is 4.73. The summed E-state index contributed by atoms with van der Waals surface area (Å²) in [6, 6.07) is 0. The van der Waals surface area contributed by atoms with E-state index in [9.17, 15) is 0 Å². The number of nitrogens with two attached hydrogens (primary N) is 1. The lowest BCUT2D eigenvalue weighted by Crippen LogP contribution is -2.13. The van der Waals surface area contributed by atoms with Crippen LogP contribution in [0.1, 0.15) is 25.1 Å². The van der Waals surface area contributed by atoms with Gasteiger partial charge in [0, 0.05) is 25.2 Å². The van der Waals surface area contributed by atoms with Gasteiger partial charge in [0.2, 0.25) is 0 Å². The molecular weight excluding hydrogens is 164 g/mol. The summed E-state index contributed by atoms with van der Waals surface area (Å²) in [5.74, 6) is 1.43. The van der Waals surface area contributed by atoms with Crippen LogP contribution in [0.2, 0.25) is 0 Å². The molecular formula is C9H16N4. The summed E-state index contributed by atoms with van der Waals surface area (Å²) < 4.78 is 1.93. The van der Waals surface area contributed by atoms with E-state index in [1.54, 1.807) is 0 Å². The van der Waals surface area contributed by atoms with Crippen molar-refractivity contribution in [2.45, 2.75) is 33.5 Å². The number of nitrogens with one attached hydrogen (secondary N) is 1. The fourth-order valence-electron chi connectivity index (χ4n) is 1.69. The molecule has 0 spiro atoms. The van der Waals surface area contributed by atoms with Gasteiger partial charge in [-0.05, 0) is 5.92 Å².